The molecule has 1 fully saturated rings. The smallest absolute Gasteiger partial charge is 0.243 e. The number of fused-ring (bicyclic) bond motifs is 1. The Morgan fingerprint density at radius 1 is 0.788 bits per heavy atom. The highest BCUT2D eigenvalue weighted by Crippen LogP contribution is 2.24. The van der Waals surface area contributed by atoms with Crippen LogP contribution in [0.25, 0.3) is 16.7 Å². The maximum Gasteiger partial charge on any atom is 0.243 e. The predicted octanol–water partition coefficient (Wildman–Crippen LogP) is 4.43. The fourth-order valence-electron chi connectivity index (χ4n) is 4.34. The van der Waals surface area contributed by atoms with Gasteiger partial charge in [0.25, 0.3) is 0 Å². The highest BCUT2D eigenvalue weighted by molar-refractivity contribution is 7.89. The van der Waals surface area contributed by atoms with E-state index in [1.54, 1.807) is 28.6 Å². The summed E-state index contributed by atoms with van der Waals surface area (Å²) in [7, 11) is -3.46. The first kappa shape index (κ1) is 22.0. The highest BCUT2D eigenvalue weighted by atomic mass is 32.2. The van der Waals surface area contributed by atoms with E-state index in [1.165, 1.54) is 5.56 Å². The number of nitrogens with zero attached hydrogens (tertiary/aromatic N) is 4. The van der Waals surface area contributed by atoms with Gasteiger partial charge in [-0.25, -0.2) is 8.42 Å². The molecule has 2 heterocycles. The Morgan fingerprint density at radius 2 is 1.39 bits per heavy atom. The first-order chi connectivity index (χ1) is 15.9. The minimum atomic E-state index is -3.46. The van der Waals surface area contributed by atoms with Crippen molar-refractivity contribution in [2.24, 2.45) is 0 Å². The molecule has 0 amide bonds. The van der Waals surface area contributed by atoms with Gasteiger partial charge in [0.05, 0.1) is 22.6 Å². The van der Waals surface area contributed by atoms with E-state index in [2.05, 4.69) is 57.4 Å². The molecular formula is C25H26N4O2S2. The van der Waals surface area contributed by atoms with Gasteiger partial charge in [-0.15, -0.1) is 0 Å². The van der Waals surface area contributed by atoms with Crippen molar-refractivity contribution in [1.29, 1.82) is 0 Å². The van der Waals surface area contributed by atoms with Gasteiger partial charge in [-0.3, -0.25) is 9.47 Å². The first-order valence-electron chi connectivity index (χ1n) is 11.0. The van der Waals surface area contributed by atoms with Crippen LogP contribution in [-0.2, 0) is 16.7 Å². The molecule has 3 aromatic carbocycles. The largest absolute Gasteiger partial charge is 0.303 e. The molecule has 1 aliphatic heterocycles. The Morgan fingerprint density at radius 3 is 2.06 bits per heavy atom. The van der Waals surface area contributed by atoms with Gasteiger partial charge in [-0.1, -0.05) is 48.0 Å². The van der Waals surface area contributed by atoms with E-state index in [0.717, 1.165) is 21.5 Å². The van der Waals surface area contributed by atoms with Gasteiger partial charge in [0.1, 0.15) is 0 Å². The van der Waals surface area contributed by atoms with Crippen LogP contribution in [0.15, 0.2) is 83.8 Å². The lowest BCUT2D eigenvalue weighted by Gasteiger charge is -2.34. The van der Waals surface area contributed by atoms with Crippen molar-refractivity contribution < 1.29 is 8.42 Å². The third-order valence-electron chi connectivity index (χ3n) is 6.18. The maximum atomic E-state index is 12.9. The average Bonchev–Trinajstić information content (AvgIpc) is 3.12. The number of aromatic nitrogens is 2. The molecule has 0 N–H and O–H groups in total. The molecule has 0 bridgehead atoms. The molecule has 6 nitrogen and oxygen atoms in total. The number of sulfonamides is 1. The molecule has 0 saturated carbocycles. The van der Waals surface area contributed by atoms with Crippen LogP contribution in [0.1, 0.15) is 5.56 Å². The van der Waals surface area contributed by atoms with Gasteiger partial charge < -0.3 is 4.57 Å². The second-order valence-electron chi connectivity index (χ2n) is 8.35. The van der Waals surface area contributed by atoms with Crippen LogP contribution in [0.4, 0.5) is 0 Å². The predicted molar refractivity (Wildman–Crippen MR) is 134 cm³/mol. The number of piperazine rings is 1. The van der Waals surface area contributed by atoms with E-state index in [4.69, 9.17) is 12.2 Å². The second kappa shape index (κ2) is 8.87. The average molecular weight is 479 g/mol. The lowest BCUT2D eigenvalue weighted by Crippen LogP contribution is -2.48. The van der Waals surface area contributed by atoms with E-state index in [1.807, 2.05) is 18.2 Å². The van der Waals surface area contributed by atoms with Crippen LogP contribution >= 0.6 is 12.2 Å². The highest BCUT2D eigenvalue weighted by Gasteiger charge is 2.28. The van der Waals surface area contributed by atoms with Crippen LogP contribution in [0, 0.1) is 11.7 Å². The molecule has 8 heteroatoms. The Labute approximate surface area is 199 Å². The molecule has 0 aliphatic carbocycles. The van der Waals surface area contributed by atoms with E-state index in [-0.39, 0.29) is 0 Å². The van der Waals surface area contributed by atoms with Crippen molar-refractivity contribution in [3.8, 4) is 5.69 Å². The van der Waals surface area contributed by atoms with Gasteiger partial charge in [-0.2, -0.15) is 4.31 Å². The van der Waals surface area contributed by atoms with Crippen molar-refractivity contribution in [2.75, 3.05) is 26.2 Å². The molecular weight excluding hydrogens is 452 g/mol. The third kappa shape index (κ3) is 4.15. The van der Waals surface area contributed by atoms with Crippen LogP contribution < -0.4 is 0 Å². The van der Waals surface area contributed by atoms with E-state index in [0.29, 0.717) is 37.7 Å². The summed E-state index contributed by atoms with van der Waals surface area (Å²) in [5.74, 6) is 0. The summed E-state index contributed by atoms with van der Waals surface area (Å²) in [6.45, 7) is 4.92. The summed E-state index contributed by atoms with van der Waals surface area (Å²) in [5.41, 5.74) is 4.38. The number of para-hydroxylation sites is 2. The van der Waals surface area contributed by atoms with Gasteiger partial charge in [0, 0.05) is 31.9 Å². The summed E-state index contributed by atoms with van der Waals surface area (Å²) in [6, 6.07) is 25.3. The number of imidazole rings is 1. The molecule has 33 heavy (non-hydrogen) atoms. The number of hydrogen-bond acceptors (Lipinski definition) is 4. The fraction of sp³-hybridized carbons (Fsp3) is 0.240. The Hall–Kier alpha value is -2.78. The lowest BCUT2D eigenvalue weighted by atomic mass is 10.2. The normalized spacial score (nSPS) is 15.8. The zero-order chi connectivity index (χ0) is 23.0. The standard InChI is InChI=1S/C25H26N4O2S2/c1-20-11-13-21(14-12-20)29-24-10-6-5-9-23(24)28(25(29)32)19-26-15-17-27(18-16-26)33(30,31)22-7-3-2-4-8-22/h2-14H,15-19H2,1H3. The number of benzene rings is 3. The Bertz CT molecular complexity index is 1430. The fourth-order valence-corrected chi connectivity index (χ4v) is 6.14. The molecule has 0 spiro atoms. The topological polar surface area (TPSA) is 50.5 Å². The minimum absolute atomic E-state index is 0.349. The number of hydrogen-bond donors (Lipinski definition) is 0. The second-order valence-corrected chi connectivity index (χ2v) is 10.6. The number of aryl methyl sites for hydroxylation is 1. The van der Waals surface area contributed by atoms with Gasteiger partial charge in [0.2, 0.25) is 10.0 Å². The summed E-state index contributed by atoms with van der Waals surface area (Å²) in [6.07, 6.45) is 0. The van der Waals surface area contributed by atoms with Crippen LogP contribution in [0.5, 0.6) is 0 Å². The van der Waals surface area contributed by atoms with Crippen molar-refractivity contribution in [3.05, 3.63) is 89.2 Å². The maximum absolute atomic E-state index is 12.9. The van der Waals surface area contributed by atoms with Gasteiger partial charge in [0.15, 0.2) is 4.77 Å². The summed E-state index contributed by atoms with van der Waals surface area (Å²) >= 11 is 5.92. The molecule has 170 valence electrons. The van der Waals surface area contributed by atoms with E-state index < -0.39 is 10.0 Å². The molecule has 1 aromatic heterocycles. The molecule has 1 saturated heterocycles. The Balaban J connectivity index is 1.39. The molecule has 1 aliphatic rings. The van der Waals surface area contributed by atoms with Gasteiger partial charge >= 0.3 is 0 Å². The quantitative estimate of drug-likeness (QED) is 0.398. The summed E-state index contributed by atoms with van der Waals surface area (Å²) in [5, 5.41) is 0. The minimum Gasteiger partial charge on any atom is -0.303 e. The van der Waals surface area contributed by atoms with E-state index in [9.17, 15) is 8.42 Å². The number of rotatable bonds is 5. The summed E-state index contributed by atoms with van der Waals surface area (Å²) in [4.78, 5) is 2.61. The molecule has 0 unspecified atom stereocenters. The molecule has 0 atom stereocenters. The van der Waals surface area contributed by atoms with Crippen molar-refractivity contribution >= 4 is 33.3 Å². The zero-order valence-electron chi connectivity index (χ0n) is 18.5. The lowest BCUT2D eigenvalue weighted by molar-refractivity contribution is 0.153. The first-order valence-corrected chi connectivity index (χ1v) is 12.8. The van der Waals surface area contributed by atoms with E-state index >= 15 is 0 Å². The van der Waals surface area contributed by atoms with Crippen molar-refractivity contribution in [2.45, 2.75) is 18.5 Å². The van der Waals surface area contributed by atoms with Crippen molar-refractivity contribution in [1.82, 2.24) is 18.3 Å². The molecule has 0 radical (unpaired) electrons. The molecule has 4 aromatic rings. The SMILES string of the molecule is Cc1ccc(-n2c(=S)n(CN3CCN(S(=O)(=O)c4ccccc4)CC3)c3ccccc32)cc1. The molecule has 5 rings (SSSR count). The van der Waals surface area contributed by atoms with Crippen LogP contribution in [0.3, 0.4) is 0 Å². The van der Waals surface area contributed by atoms with Crippen LogP contribution in [0.2, 0.25) is 0 Å². The van der Waals surface area contributed by atoms with Crippen LogP contribution in [-0.4, -0.2) is 52.9 Å². The van der Waals surface area contributed by atoms with Crippen molar-refractivity contribution in [3.63, 3.8) is 0 Å². The Kier molecular flexibility index (Phi) is 5.92. The summed E-state index contributed by atoms with van der Waals surface area (Å²) < 4.78 is 32.5. The van der Waals surface area contributed by atoms with Gasteiger partial charge in [-0.05, 0) is 55.5 Å². The monoisotopic (exact) mass is 478 g/mol. The zero-order valence-corrected chi connectivity index (χ0v) is 20.1. The third-order valence-corrected chi connectivity index (χ3v) is 8.50.